The van der Waals surface area contributed by atoms with Crippen LogP contribution in [0.1, 0.15) is 16.7 Å². The van der Waals surface area contributed by atoms with Gasteiger partial charge in [0.05, 0.1) is 8.32 Å². The molecule has 0 saturated heterocycles. The summed E-state index contributed by atoms with van der Waals surface area (Å²) in [5.74, 6) is 0. The lowest BCUT2D eigenvalue weighted by Crippen LogP contribution is -2.21. The SMILES string of the molecule is O=S(=O)(O)c1ccc(C(I)(c2ccccc2)c2ccccc2)cc1. The summed E-state index contributed by atoms with van der Waals surface area (Å²) in [7, 11) is -4.20. The highest BCUT2D eigenvalue weighted by molar-refractivity contribution is 14.1. The number of hydrogen-bond donors (Lipinski definition) is 1. The summed E-state index contributed by atoms with van der Waals surface area (Å²) >= 11 is 2.39. The van der Waals surface area contributed by atoms with Crippen molar-refractivity contribution in [3.05, 3.63) is 102 Å². The Hall–Kier alpha value is -1.70. The van der Waals surface area contributed by atoms with Crippen LogP contribution < -0.4 is 0 Å². The monoisotopic (exact) mass is 450 g/mol. The molecule has 3 aromatic rings. The Morgan fingerprint density at radius 1 is 0.667 bits per heavy atom. The molecule has 0 aromatic heterocycles. The van der Waals surface area contributed by atoms with Crippen molar-refractivity contribution < 1.29 is 13.0 Å². The minimum Gasteiger partial charge on any atom is -0.282 e. The van der Waals surface area contributed by atoms with E-state index in [1.807, 2.05) is 36.4 Å². The van der Waals surface area contributed by atoms with Gasteiger partial charge in [0, 0.05) is 0 Å². The van der Waals surface area contributed by atoms with Crippen LogP contribution in [0.5, 0.6) is 0 Å². The van der Waals surface area contributed by atoms with Crippen molar-refractivity contribution in [1.82, 2.24) is 0 Å². The minimum atomic E-state index is -4.20. The van der Waals surface area contributed by atoms with E-state index >= 15 is 0 Å². The van der Waals surface area contributed by atoms with Crippen LogP contribution >= 0.6 is 22.6 Å². The van der Waals surface area contributed by atoms with Gasteiger partial charge in [-0.05, 0) is 28.8 Å². The van der Waals surface area contributed by atoms with Crippen molar-refractivity contribution in [1.29, 1.82) is 0 Å². The molecule has 3 aromatic carbocycles. The molecule has 0 bridgehead atoms. The molecule has 3 rings (SSSR count). The summed E-state index contributed by atoms with van der Waals surface area (Å²) in [6, 6.07) is 26.4. The fraction of sp³-hybridized carbons (Fsp3) is 0.0526. The molecule has 1 N–H and O–H groups in total. The van der Waals surface area contributed by atoms with Crippen molar-refractivity contribution in [2.75, 3.05) is 0 Å². The number of rotatable bonds is 4. The second-order valence-electron chi connectivity index (χ2n) is 5.39. The molecule has 0 radical (unpaired) electrons. The van der Waals surface area contributed by atoms with Crippen molar-refractivity contribution >= 4 is 32.7 Å². The van der Waals surface area contributed by atoms with Crippen LogP contribution in [0.3, 0.4) is 0 Å². The summed E-state index contributed by atoms with van der Waals surface area (Å²) in [5.41, 5.74) is 3.13. The molecule has 0 unspecified atom stereocenters. The van der Waals surface area contributed by atoms with Crippen LogP contribution in [0.25, 0.3) is 0 Å². The average Bonchev–Trinajstić information content (AvgIpc) is 2.62. The third kappa shape index (κ3) is 3.24. The lowest BCUT2D eigenvalue weighted by atomic mass is 9.85. The van der Waals surface area contributed by atoms with E-state index in [1.165, 1.54) is 12.1 Å². The minimum absolute atomic E-state index is 0.105. The van der Waals surface area contributed by atoms with Crippen LogP contribution in [0.15, 0.2) is 89.8 Å². The van der Waals surface area contributed by atoms with Gasteiger partial charge in [0.25, 0.3) is 10.1 Å². The molecule has 122 valence electrons. The molecule has 0 aliphatic carbocycles. The summed E-state index contributed by atoms with van der Waals surface area (Å²) < 4.78 is 31.3. The fourth-order valence-electron chi connectivity index (χ4n) is 2.69. The standard InChI is InChI=1S/C19H15IO3S/c20-19(15-7-3-1-4-8-15,16-9-5-2-6-10-16)17-11-13-18(14-12-17)24(21,22)23/h1-14H,(H,21,22,23). The molecule has 0 spiro atoms. The van der Waals surface area contributed by atoms with Crippen molar-refractivity contribution in [2.45, 2.75) is 8.32 Å². The average molecular weight is 450 g/mol. The zero-order valence-corrected chi connectivity index (χ0v) is 15.6. The Bertz CT molecular complexity index is 882. The maximum atomic E-state index is 11.3. The molecule has 0 atom stereocenters. The van der Waals surface area contributed by atoms with E-state index in [9.17, 15) is 13.0 Å². The molecule has 0 fully saturated rings. The third-order valence-corrected chi connectivity index (χ3v) is 6.63. The molecule has 0 aliphatic heterocycles. The van der Waals surface area contributed by atoms with Gasteiger partial charge in [0.1, 0.15) is 0 Å². The Morgan fingerprint density at radius 3 is 1.42 bits per heavy atom. The number of hydrogen-bond acceptors (Lipinski definition) is 2. The van der Waals surface area contributed by atoms with Crippen molar-refractivity contribution in [3.8, 4) is 0 Å². The quantitative estimate of drug-likeness (QED) is 0.272. The van der Waals surface area contributed by atoms with Gasteiger partial charge in [-0.3, -0.25) is 4.55 Å². The van der Waals surface area contributed by atoms with Gasteiger partial charge in [-0.15, -0.1) is 0 Å². The second kappa shape index (κ2) is 6.66. The van der Waals surface area contributed by atoms with E-state index in [2.05, 4.69) is 46.9 Å². The third-order valence-electron chi connectivity index (χ3n) is 3.89. The molecule has 24 heavy (non-hydrogen) atoms. The van der Waals surface area contributed by atoms with Gasteiger partial charge in [0.15, 0.2) is 0 Å². The summed E-state index contributed by atoms with van der Waals surface area (Å²) in [6.45, 7) is 0. The largest absolute Gasteiger partial charge is 0.294 e. The maximum absolute atomic E-state index is 11.3. The normalized spacial score (nSPS) is 12.1. The molecule has 0 heterocycles. The maximum Gasteiger partial charge on any atom is 0.294 e. The highest BCUT2D eigenvalue weighted by Crippen LogP contribution is 2.45. The predicted octanol–water partition coefficient (Wildman–Crippen LogP) is 4.66. The van der Waals surface area contributed by atoms with Gasteiger partial charge in [-0.2, -0.15) is 8.42 Å². The van der Waals surface area contributed by atoms with Crippen LogP contribution in [0.2, 0.25) is 0 Å². The highest BCUT2D eigenvalue weighted by atomic mass is 127. The second-order valence-corrected chi connectivity index (χ2v) is 8.43. The first-order valence-electron chi connectivity index (χ1n) is 7.30. The Balaban J connectivity index is 2.20. The van der Waals surface area contributed by atoms with E-state index in [-0.39, 0.29) is 4.90 Å². The van der Waals surface area contributed by atoms with Crippen LogP contribution in [0, 0.1) is 0 Å². The highest BCUT2D eigenvalue weighted by Gasteiger charge is 2.33. The smallest absolute Gasteiger partial charge is 0.282 e. The Labute approximate surface area is 155 Å². The van der Waals surface area contributed by atoms with E-state index in [1.54, 1.807) is 12.1 Å². The van der Waals surface area contributed by atoms with E-state index in [0.29, 0.717) is 0 Å². The van der Waals surface area contributed by atoms with Crippen molar-refractivity contribution in [2.24, 2.45) is 0 Å². The van der Waals surface area contributed by atoms with Crippen molar-refractivity contribution in [3.63, 3.8) is 0 Å². The Morgan fingerprint density at radius 2 is 1.04 bits per heavy atom. The first kappa shape index (κ1) is 17.1. The Kier molecular flexibility index (Phi) is 4.76. The summed E-state index contributed by atoms with van der Waals surface area (Å²) in [6.07, 6.45) is 0. The van der Waals surface area contributed by atoms with Crippen LogP contribution in [-0.2, 0) is 13.5 Å². The summed E-state index contributed by atoms with van der Waals surface area (Å²) in [5, 5.41) is 0. The molecular formula is C19H15IO3S. The van der Waals surface area contributed by atoms with Gasteiger partial charge < -0.3 is 0 Å². The molecular weight excluding hydrogens is 435 g/mol. The molecule has 0 amide bonds. The zero-order valence-electron chi connectivity index (χ0n) is 12.6. The van der Waals surface area contributed by atoms with E-state index < -0.39 is 13.5 Å². The van der Waals surface area contributed by atoms with Crippen LogP contribution in [0.4, 0.5) is 0 Å². The van der Waals surface area contributed by atoms with E-state index in [0.717, 1.165) is 16.7 Å². The molecule has 3 nitrogen and oxygen atoms in total. The van der Waals surface area contributed by atoms with Gasteiger partial charge in [-0.25, -0.2) is 0 Å². The van der Waals surface area contributed by atoms with Gasteiger partial charge in [-0.1, -0.05) is 95.4 Å². The van der Waals surface area contributed by atoms with Gasteiger partial charge in [0.2, 0.25) is 0 Å². The first-order valence-corrected chi connectivity index (χ1v) is 9.82. The predicted molar refractivity (Wildman–Crippen MR) is 103 cm³/mol. The number of halogens is 1. The molecule has 5 heteroatoms. The molecule has 0 saturated carbocycles. The fourth-order valence-corrected chi connectivity index (χ4v) is 4.25. The van der Waals surface area contributed by atoms with Gasteiger partial charge >= 0.3 is 0 Å². The lowest BCUT2D eigenvalue weighted by molar-refractivity contribution is 0.483. The van der Waals surface area contributed by atoms with E-state index in [4.69, 9.17) is 0 Å². The molecule has 0 aliphatic rings. The first-order chi connectivity index (χ1) is 11.4. The lowest BCUT2D eigenvalue weighted by Gasteiger charge is -2.30. The zero-order chi connectivity index (χ0) is 17.2. The number of alkyl halides is 1. The summed E-state index contributed by atoms with van der Waals surface area (Å²) in [4.78, 5) is -0.105. The topological polar surface area (TPSA) is 54.4 Å². The van der Waals surface area contributed by atoms with Crippen LogP contribution in [-0.4, -0.2) is 13.0 Å². The number of benzene rings is 3.